The molecule has 13 heteroatoms. The van der Waals surface area contributed by atoms with E-state index in [-0.39, 0.29) is 29.6 Å². The topological polar surface area (TPSA) is 90.6 Å². The molecule has 8 nitrogen and oxygen atoms in total. The van der Waals surface area contributed by atoms with Gasteiger partial charge in [-0.3, -0.25) is 4.79 Å². The smallest absolute Gasteiger partial charge is 0.418 e. The number of oxazole rings is 1. The molecular formula is C21H20F4N6O2S. The molecule has 0 saturated heterocycles. The number of hydrogen-bond acceptors (Lipinski definition) is 6. The molecule has 180 valence electrons. The van der Waals surface area contributed by atoms with Crippen LogP contribution in [0.4, 0.5) is 17.6 Å². The SMILES string of the molecule is Cc1nc(C(C)(C)F)oc1C(=O)N1CCc2[nH]cnc2[C@@H]1S1=NN2C=CC=C(C(F)(F)F)C2=C1. The molecule has 1 unspecified atom stereocenters. The van der Waals surface area contributed by atoms with Crippen LogP contribution in [0.5, 0.6) is 0 Å². The quantitative estimate of drug-likeness (QED) is 0.632. The second-order valence-corrected chi connectivity index (χ2v) is 10.0. The molecule has 3 aliphatic heterocycles. The number of halogens is 4. The Balaban J connectivity index is 1.56. The van der Waals surface area contributed by atoms with E-state index < -0.39 is 39.4 Å². The van der Waals surface area contributed by atoms with E-state index in [0.29, 0.717) is 12.1 Å². The van der Waals surface area contributed by atoms with Gasteiger partial charge in [0.05, 0.1) is 29.0 Å². The molecule has 2 aromatic rings. The number of aromatic nitrogens is 3. The van der Waals surface area contributed by atoms with Gasteiger partial charge in [0.2, 0.25) is 11.7 Å². The van der Waals surface area contributed by atoms with Gasteiger partial charge in [0.1, 0.15) is 5.37 Å². The summed E-state index contributed by atoms with van der Waals surface area (Å²) in [7, 11) is -1.19. The molecule has 34 heavy (non-hydrogen) atoms. The van der Waals surface area contributed by atoms with Crippen molar-refractivity contribution >= 4 is 16.6 Å². The molecule has 0 bridgehead atoms. The van der Waals surface area contributed by atoms with Crippen LogP contribution in [0.25, 0.3) is 0 Å². The number of amides is 1. The molecule has 0 radical (unpaired) electrons. The maximum absolute atomic E-state index is 14.4. The lowest BCUT2D eigenvalue weighted by Gasteiger charge is -2.34. The van der Waals surface area contributed by atoms with E-state index in [4.69, 9.17) is 4.42 Å². The number of allylic oxidation sites excluding steroid dienone is 3. The Morgan fingerprint density at radius 3 is 2.74 bits per heavy atom. The number of alkyl halides is 4. The molecule has 1 amide bonds. The minimum Gasteiger partial charge on any atom is -0.432 e. The Labute approximate surface area is 194 Å². The number of aryl methyl sites for hydroxylation is 1. The number of nitrogens with zero attached hydrogens (tertiary/aromatic N) is 5. The van der Waals surface area contributed by atoms with Crippen LogP contribution in [0, 0.1) is 6.92 Å². The highest BCUT2D eigenvalue weighted by atomic mass is 32.2. The van der Waals surface area contributed by atoms with Crippen molar-refractivity contribution < 1.29 is 26.8 Å². The first kappa shape index (κ1) is 22.6. The van der Waals surface area contributed by atoms with Crippen molar-refractivity contribution in [1.82, 2.24) is 24.9 Å². The Hall–Kier alpha value is -3.22. The third kappa shape index (κ3) is 3.67. The number of fused-ring (bicyclic) bond motifs is 2. The van der Waals surface area contributed by atoms with Crippen molar-refractivity contribution in [2.24, 2.45) is 4.47 Å². The molecule has 0 aromatic carbocycles. The summed E-state index contributed by atoms with van der Waals surface area (Å²) in [5.41, 5.74) is -1.26. The van der Waals surface area contributed by atoms with E-state index >= 15 is 0 Å². The monoisotopic (exact) mass is 496 g/mol. The lowest BCUT2D eigenvalue weighted by atomic mass is 10.1. The van der Waals surface area contributed by atoms with Gasteiger partial charge < -0.3 is 14.3 Å². The van der Waals surface area contributed by atoms with E-state index in [9.17, 15) is 22.4 Å². The summed E-state index contributed by atoms with van der Waals surface area (Å²) in [6.45, 7) is 4.33. The first-order chi connectivity index (χ1) is 15.9. The summed E-state index contributed by atoms with van der Waals surface area (Å²) >= 11 is 0. The van der Waals surface area contributed by atoms with Gasteiger partial charge in [0.15, 0.2) is 5.67 Å². The lowest BCUT2D eigenvalue weighted by Crippen LogP contribution is -2.41. The number of hydrogen-bond donors (Lipinski definition) is 1. The van der Waals surface area contributed by atoms with Gasteiger partial charge in [0, 0.05) is 30.3 Å². The molecule has 5 heterocycles. The van der Waals surface area contributed by atoms with Gasteiger partial charge >= 0.3 is 6.18 Å². The summed E-state index contributed by atoms with van der Waals surface area (Å²) in [5.74, 6) is -0.888. The summed E-state index contributed by atoms with van der Waals surface area (Å²) in [6.07, 6.45) is 1.08. The van der Waals surface area contributed by atoms with Crippen LogP contribution >= 0.6 is 0 Å². The van der Waals surface area contributed by atoms with Gasteiger partial charge in [-0.2, -0.15) is 13.2 Å². The second kappa shape index (κ2) is 7.65. The van der Waals surface area contributed by atoms with Crippen LogP contribution in [0.2, 0.25) is 0 Å². The first-order valence-electron chi connectivity index (χ1n) is 10.4. The molecule has 2 aromatic heterocycles. The van der Waals surface area contributed by atoms with Gasteiger partial charge in [-0.25, -0.2) is 19.4 Å². The molecule has 5 rings (SSSR count). The average Bonchev–Trinajstić information content (AvgIpc) is 3.48. The Morgan fingerprint density at radius 2 is 2.06 bits per heavy atom. The van der Waals surface area contributed by atoms with Gasteiger partial charge in [-0.1, -0.05) is 0 Å². The Bertz CT molecular complexity index is 1300. The third-order valence-electron chi connectivity index (χ3n) is 5.59. The highest BCUT2D eigenvalue weighted by Gasteiger charge is 2.44. The van der Waals surface area contributed by atoms with Crippen molar-refractivity contribution in [3.8, 4) is 0 Å². The third-order valence-corrected chi connectivity index (χ3v) is 7.36. The second-order valence-electron chi connectivity index (χ2n) is 8.47. The van der Waals surface area contributed by atoms with Crippen LogP contribution in [0.15, 0.2) is 50.2 Å². The largest absolute Gasteiger partial charge is 0.432 e. The van der Waals surface area contributed by atoms with E-state index in [1.54, 1.807) is 6.92 Å². The van der Waals surface area contributed by atoms with E-state index in [1.807, 2.05) is 0 Å². The molecule has 0 saturated carbocycles. The van der Waals surface area contributed by atoms with Crippen LogP contribution in [0.3, 0.4) is 0 Å². The fourth-order valence-corrected chi connectivity index (χ4v) is 5.93. The van der Waals surface area contributed by atoms with Crippen molar-refractivity contribution in [2.75, 3.05) is 6.54 Å². The number of aromatic amines is 1. The normalized spacial score (nSPS) is 22.2. The minimum atomic E-state index is -4.56. The van der Waals surface area contributed by atoms with Crippen molar-refractivity contribution in [1.29, 1.82) is 0 Å². The van der Waals surface area contributed by atoms with E-state index in [2.05, 4.69) is 19.4 Å². The van der Waals surface area contributed by atoms with Crippen molar-refractivity contribution in [3.05, 3.63) is 70.1 Å². The maximum atomic E-state index is 14.4. The molecule has 0 spiro atoms. The number of H-pyrrole nitrogens is 1. The molecule has 0 aliphatic carbocycles. The van der Waals surface area contributed by atoms with Crippen molar-refractivity contribution in [3.63, 3.8) is 0 Å². The predicted octanol–water partition coefficient (Wildman–Crippen LogP) is 4.50. The zero-order chi connectivity index (χ0) is 24.4. The van der Waals surface area contributed by atoms with E-state index in [1.165, 1.54) is 47.8 Å². The van der Waals surface area contributed by atoms with E-state index in [0.717, 1.165) is 11.8 Å². The molecule has 0 fully saturated rings. The Morgan fingerprint density at radius 1 is 1.29 bits per heavy atom. The number of carbonyl (C=O) groups excluding carboxylic acids is 1. The van der Waals surface area contributed by atoms with Crippen LogP contribution in [-0.4, -0.2) is 43.5 Å². The highest BCUT2D eigenvalue weighted by molar-refractivity contribution is 7.90. The van der Waals surface area contributed by atoms with Crippen LogP contribution in [0.1, 0.15) is 52.7 Å². The van der Waals surface area contributed by atoms with Gasteiger partial charge in [-0.05, 0) is 43.6 Å². The molecule has 3 aliphatic rings. The summed E-state index contributed by atoms with van der Waals surface area (Å²) < 4.78 is 65.0. The lowest BCUT2D eigenvalue weighted by molar-refractivity contribution is -0.0911. The number of nitrogens with one attached hydrogen (secondary N) is 1. The maximum Gasteiger partial charge on any atom is 0.418 e. The molecule has 1 N–H and O–H groups in total. The number of imidazole rings is 1. The minimum absolute atomic E-state index is 0.0919. The zero-order valence-corrected chi connectivity index (χ0v) is 19.2. The van der Waals surface area contributed by atoms with Crippen LogP contribution < -0.4 is 0 Å². The fourth-order valence-electron chi connectivity index (χ4n) is 3.96. The summed E-state index contributed by atoms with van der Waals surface area (Å²) in [4.78, 5) is 26.5. The zero-order valence-electron chi connectivity index (χ0n) is 18.4. The van der Waals surface area contributed by atoms with Gasteiger partial charge in [-0.15, -0.1) is 4.47 Å². The highest BCUT2D eigenvalue weighted by Crippen LogP contribution is 2.42. The fraction of sp³-hybridized carbons (Fsp3) is 0.381. The summed E-state index contributed by atoms with van der Waals surface area (Å²) in [6, 6.07) is 0. The summed E-state index contributed by atoms with van der Waals surface area (Å²) in [5, 5.41) is 1.83. The molecular weight excluding hydrogens is 476 g/mol. The standard InChI is InChI=1S/C21H20F4N6O2S/c1-11-16(33-19(28-11)20(2,3)22)17(32)30-8-6-13-15(27-10-26-13)18(30)34-9-14-12(21(23,24)25)5-4-7-31(14)29-34/h4-5,7,9-10,18H,6,8H2,1-3H3,(H,26,27)/t18-,34?/m0/s1. The molecule has 2 atom stereocenters. The Kier molecular flexibility index (Phi) is 5.08. The van der Waals surface area contributed by atoms with Crippen molar-refractivity contribution in [2.45, 2.75) is 44.4 Å². The van der Waals surface area contributed by atoms with Crippen LogP contribution in [-0.2, 0) is 22.8 Å². The number of rotatable bonds is 3. The average molecular weight is 496 g/mol. The predicted molar refractivity (Wildman–Crippen MR) is 114 cm³/mol. The number of carbonyl (C=O) groups is 1. The van der Waals surface area contributed by atoms with Gasteiger partial charge in [0.25, 0.3) is 5.91 Å². The first-order valence-corrected chi connectivity index (χ1v) is 11.7.